The third-order valence-corrected chi connectivity index (χ3v) is 4.48. The minimum atomic E-state index is -2.44. The summed E-state index contributed by atoms with van der Waals surface area (Å²) in [5, 5.41) is 3.46. The number of nitrogens with zero attached hydrogens (tertiary/aromatic N) is 1. The molecule has 1 aliphatic heterocycles. The van der Waals surface area contributed by atoms with Crippen molar-refractivity contribution in [3.8, 4) is 0 Å². The second kappa shape index (κ2) is 7.73. The van der Waals surface area contributed by atoms with E-state index in [1.165, 1.54) is 0 Å². The summed E-state index contributed by atoms with van der Waals surface area (Å²) in [6.07, 6.45) is 2.60. The van der Waals surface area contributed by atoms with Crippen molar-refractivity contribution in [2.75, 3.05) is 11.9 Å². The van der Waals surface area contributed by atoms with Crippen molar-refractivity contribution < 1.29 is 13.6 Å². The molecule has 0 spiro atoms. The van der Waals surface area contributed by atoms with Gasteiger partial charge in [-0.15, -0.1) is 0 Å². The zero-order valence-corrected chi connectivity index (χ0v) is 13.4. The second-order valence-corrected chi connectivity index (χ2v) is 6.39. The molecule has 0 bridgehead atoms. The Morgan fingerprint density at radius 1 is 1.36 bits per heavy atom. The SMILES string of the molecule is NC(=O)[C@H]1CCCCN1C(=S)Nc1ccc(SC(F)F)cc1. The Kier molecular flexibility index (Phi) is 5.96. The monoisotopic (exact) mass is 345 g/mol. The zero-order valence-electron chi connectivity index (χ0n) is 11.8. The molecule has 1 amide bonds. The van der Waals surface area contributed by atoms with E-state index in [0.29, 0.717) is 40.4 Å². The lowest BCUT2D eigenvalue weighted by molar-refractivity contribution is -0.122. The number of hydrogen-bond acceptors (Lipinski definition) is 3. The summed E-state index contributed by atoms with van der Waals surface area (Å²) >= 11 is 5.83. The van der Waals surface area contributed by atoms with Crippen molar-refractivity contribution in [3.63, 3.8) is 0 Å². The molecular formula is C14H17F2N3OS2. The topological polar surface area (TPSA) is 58.4 Å². The fraction of sp³-hybridized carbons (Fsp3) is 0.429. The molecule has 0 aromatic heterocycles. The van der Waals surface area contributed by atoms with Crippen LogP contribution in [0.25, 0.3) is 0 Å². The average Bonchev–Trinajstić information content (AvgIpc) is 2.48. The number of piperidine rings is 1. The molecule has 3 N–H and O–H groups in total. The van der Waals surface area contributed by atoms with Gasteiger partial charge < -0.3 is 16.0 Å². The van der Waals surface area contributed by atoms with E-state index in [1.807, 2.05) is 0 Å². The number of carbonyl (C=O) groups excluding carboxylic acids is 1. The number of likely N-dealkylation sites (tertiary alicyclic amines) is 1. The summed E-state index contributed by atoms with van der Waals surface area (Å²) < 4.78 is 24.5. The third kappa shape index (κ3) is 4.54. The van der Waals surface area contributed by atoms with Crippen LogP contribution in [0.4, 0.5) is 14.5 Å². The van der Waals surface area contributed by atoms with E-state index in [9.17, 15) is 13.6 Å². The van der Waals surface area contributed by atoms with Crippen LogP contribution in [-0.2, 0) is 4.79 Å². The van der Waals surface area contributed by atoms with Gasteiger partial charge in [0.25, 0.3) is 5.76 Å². The molecule has 1 aromatic rings. The number of thiocarbonyl (C=S) groups is 1. The van der Waals surface area contributed by atoms with Gasteiger partial charge in [-0.3, -0.25) is 4.79 Å². The van der Waals surface area contributed by atoms with Crippen LogP contribution in [0.15, 0.2) is 29.2 Å². The summed E-state index contributed by atoms with van der Waals surface area (Å²) in [7, 11) is 0. The number of primary amides is 1. The fourth-order valence-electron chi connectivity index (χ4n) is 2.39. The Morgan fingerprint density at radius 3 is 2.64 bits per heavy atom. The zero-order chi connectivity index (χ0) is 16.1. The Balaban J connectivity index is 1.99. The van der Waals surface area contributed by atoms with Crippen molar-refractivity contribution >= 4 is 40.7 Å². The van der Waals surface area contributed by atoms with Gasteiger partial charge in [0.05, 0.1) is 0 Å². The van der Waals surface area contributed by atoms with Gasteiger partial charge in [0, 0.05) is 17.1 Å². The maximum absolute atomic E-state index is 12.3. The minimum Gasteiger partial charge on any atom is -0.368 e. The van der Waals surface area contributed by atoms with Crippen LogP contribution >= 0.6 is 24.0 Å². The number of amides is 1. The molecule has 0 saturated carbocycles. The number of hydrogen-bond donors (Lipinski definition) is 2. The van der Waals surface area contributed by atoms with Gasteiger partial charge in [0.15, 0.2) is 5.11 Å². The van der Waals surface area contributed by atoms with Crippen LogP contribution in [0, 0.1) is 0 Å². The van der Waals surface area contributed by atoms with Crippen molar-refractivity contribution in [2.45, 2.75) is 36.0 Å². The molecule has 4 nitrogen and oxygen atoms in total. The maximum atomic E-state index is 12.3. The van der Waals surface area contributed by atoms with E-state index in [2.05, 4.69) is 5.32 Å². The molecule has 1 atom stereocenters. The van der Waals surface area contributed by atoms with E-state index in [4.69, 9.17) is 18.0 Å². The summed E-state index contributed by atoms with van der Waals surface area (Å²) in [6.45, 7) is 0.679. The highest BCUT2D eigenvalue weighted by molar-refractivity contribution is 7.99. The Bertz CT molecular complexity index is 539. The smallest absolute Gasteiger partial charge is 0.288 e. The lowest BCUT2D eigenvalue weighted by Gasteiger charge is -2.35. The molecule has 1 aromatic carbocycles. The number of nitrogens with one attached hydrogen (secondary N) is 1. The van der Waals surface area contributed by atoms with Crippen molar-refractivity contribution in [2.24, 2.45) is 5.73 Å². The first-order valence-corrected chi connectivity index (χ1v) is 8.18. The molecule has 1 heterocycles. The van der Waals surface area contributed by atoms with Gasteiger partial charge >= 0.3 is 0 Å². The van der Waals surface area contributed by atoms with E-state index in [-0.39, 0.29) is 11.9 Å². The second-order valence-electron chi connectivity index (χ2n) is 4.94. The van der Waals surface area contributed by atoms with E-state index in [0.717, 1.165) is 12.8 Å². The van der Waals surface area contributed by atoms with Crippen LogP contribution in [0.2, 0.25) is 0 Å². The molecule has 120 valence electrons. The van der Waals surface area contributed by atoms with Crippen molar-refractivity contribution in [1.29, 1.82) is 0 Å². The lowest BCUT2D eigenvalue weighted by Crippen LogP contribution is -2.51. The van der Waals surface area contributed by atoms with Gasteiger partial charge in [-0.05, 0) is 55.7 Å². The van der Waals surface area contributed by atoms with Crippen LogP contribution in [0.5, 0.6) is 0 Å². The summed E-state index contributed by atoms with van der Waals surface area (Å²) in [5.41, 5.74) is 6.11. The highest BCUT2D eigenvalue weighted by atomic mass is 32.2. The fourth-order valence-corrected chi connectivity index (χ4v) is 3.22. The molecule has 0 aliphatic carbocycles. The first kappa shape index (κ1) is 17.0. The number of rotatable bonds is 4. The molecule has 1 saturated heterocycles. The van der Waals surface area contributed by atoms with Crippen LogP contribution in [0.1, 0.15) is 19.3 Å². The average molecular weight is 345 g/mol. The minimum absolute atomic E-state index is 0.382. The Hall–Kier alpha value is -1.41. The van der Waals surface area contributed by atoms with Crippen molar-refractivity contribution in [1.82, 2.24) is 4.90 Å². The first-order chi connectivity index (χ1) is 10.5. The van der Waals surface area contributed by atoms with Gasteiger partial charge in [0.2, 0.25) is 5.91 Å². The highest BCUT2D eigenvalue weighted by Gasteiger charge is 2.28. The quantitative estimate of drug-likeness (QED) is 0.649. The number of thioether (sulfide) groups is 1. The predicted octanol–water partition coefficient (Wildman–Crippen LogP) is 3.04. The number of carbonyl (C=O) groups is 1. The number of nitrogens with two attached hydrogens (primary N) is 1. The number of alkyl halides is 2. The molecule has 0 unspecified atom stereocenters. The van der Waals surface area contributed by atoms with Gasteiger partial charge in [-0.25, -0.2) is 0 Å². The highest BCUT2D eigenvalue weighted by Crippen LogP contribution is 2.26. The predicted molar refractivity (Wildman–Crippen MR) is 88.1 cm³/mol. The largest absolute Gasteiger partial charge is 0.368 e. The molecule has 0 radical (unpaired) electrons. The number of halogens is 2. The van der Waals surface area contributed by atoms with Crippen LogP contribution in [0.3, 0.4) is 0 Å². The molecule has 1 aliphatic rings. The standard InChI is InChI=1S/C14H17F2N3OS2/c15-13(16)22-10-6-4-9(5-7-10)18-14(21)19-8-2-1-3-11(19)12(17)20/h4-7,11,13H,1-3,8H2,(H2,17,20)(H,18,21)/t11-/m1/s1. The normalized spacial score (nSPS) is 18.3. The van der Waals surface area contributed by atoms with E-state index in [1.54, 1.807) is 29.2 Å². The van der Waals surface area contributed by atoms with E-state index >= 15 is 0 Å². The van der Waals surface area contributed by atoms with Crippen LogP contribution in [-0.4, -0.2) is 34.3 Å². The number of benzene rings is 1. The van der Waals surface area contributed by atoms with Gasteiger partial charge in [-0.2, -0.15) is 8.78 Å². The first-order valence-electron chi connectivity index (χ1n) is 6.89. The van der Waals surface area contributed by atoms with Gasteiger partial charge in [-0.1, -0.05) is 11.8 Å². The molecular weight excluding hydrogens is 328 g/mol. The Morgan fingerprint density at radius 2 is 2.05 bits per heavy atom. The van der Waals surface area contributed by atoms with Crippen LogP contribution < -0.4 is 11.1 Å². The Labute approximate surface area is 137 Å². The molecule has 22 heavy (non-hydrogen) atoms. The number of anilines is 1. The maximum Gasteiger partial charge on any atom is 0.288 e. The molecule has 8 heteroatoms. The van der Waals surface area contributed by atoms with Crippen molar-refractivity contribution in [3.05, 3.63) is 24.3 Å². The van der Waals surface area contributed by atoms with Gasteiger partial charge in [0.1, 0.15) is 6.04 Å². The molecule has 2 rings (SSSR count). The summed E-state index contributed by atoms with van der Waals surface area (Å²) in [4.78, 5) is 13.8. The summed E-state index contributed by atoms with van der Waals surface area (Å²) in [6, 6.07) is 6.18. The third-order valence-electron chi connectivity index (χ3n) is 3.42. The molecule has 1 fully saturated rings. The lowest BCUT2D eigenvalue weighted by atomic mass is 10.0. The summed E-state index contributed by atoms with van der Waals surface area (Å²) in [5.74, 6) is -2.82. The van der Waals surface area contributed by atoms with E-state index < -0.39 is 5.76 Å².